The average Bonchev–Trinajstić information content (AvgIpc) is 2.31. The van der Waals surface area contributed by atoms with Crippen LogP contribution in [0, 0.1) is 6.92 Å². The maximum absolute atomic E-state index is 10.6. The molecule has 0 aliphatic heterocycles. The summed E-state index contributed by atoms with van der Waals surface area (Å²) in [6.07, 6.45) is 1.85. The molecule has 0 aliphatic carbocycles. The van der Waals surface area contributed by atoms with Crippen molar-refractivity contribution in [1.82, 2.24) is 9.55 Å². The molecule has 0 aromatic carbocycles. The Hall–Kier alpha value is -1.36. The molecular weight excluding hydrogens is 168 g/mol. The molecule has 1 heterocycles. The Morgan fingerprint density at radius 2 is 2.38 bits per heavy atom. The van der Waals surface area contributed by atoms with E-state index in [0.29, 0.717) is 5.82 Å². The van der Waals surface area contributed by atoms with Crippen LogP contribution in [0.4, 0.5) is 0 Å². The quantitative estimate of drug-likeness (QED) is 0.667. The van der Waals surface area contributed by atoms with Gasteiger partial charge in [-0.2, -0.15) is 0 Å². The third-order valence-electron chi connectivity index (χ3n) is 2.01. The second kappa shape index (κ2) is 3.57. The van der Waals surface area contributed by atoms with Gasteiger partial charge >= 0.3 is 0 Å². The first-order chi connectivity index (χ1) is 6.02. The number of primary amides is 1. The SMILES string of the molecule is Cc1cnc([C@H](N)CC(N)=O)n1C. The fraction of sp³-hybridized carbons (Fsp3) is 0.500. The minimum absolute atomic E-state index is 0.129. The lowest BCUT2D eigenvalue weighted by Gasteiger charge is -2.09. The fourth-order valence-electron chi connectivity index (χ4n) is 1.17. The molecule has 0 radical (unpaired) electrons. The van der Waals surface area contributed by atoms with Gasteiger partial charge in [0, 0.05) is 25.4 Å². The van der Waals surface area contributed by atoms with Crippen LogP contribution in [0.2, 0.25) is 0 Å². The van der Waals surface area contributed by atoms with Gasteiger partial charge in [0.15, 0.2) is 0 Å². The van der Waals surface area contributed by atoms with E-state index in [0.717, 1.165) is 5.69 Å². The van der Waals surface area contributed by atoms with E-state index >= 15 is 0 Å². The lowest BCUT2D eigenvalue weighted by Crippen LogP contribution is -2.23. The van der Waals surface area contributed by atoms with Crippen LogP contribution in [0.25, 0.3) is 0 Å². The molecule has 4 N–H and O–H groups in total. The highest BCUT2D eigenvalue weighted by Gasteiger charge is 2.14. The number of nitrogens with zero attached hydrogens (tertiary/aromatic N) is 2. The summed E-state index contributed by atoms with van der Waals surface area (Å²) < 4.78 is 1.85. The number of carbonyl (C=O) groups excluding carboxylic acids is 1. The van der Waals surface area contributed by atoms with Gasteiger partial charge in [-0.25, -0.2) is 4.98 Å². The van der Waals surface area contributed by atoms with E-state index in [1.54, 1.807) is 6.20 Å². The Bertz CT molecular complexity index is 318. The number of rotatable bonds is 3. The summed E-state index contributed by atoms with van der Waals surface area (Å²) in [6, 6.07) is -0.406. The number of imidazole rings is 1. The first kappa shape index (κ1) is 9.73. The molecule has 1 aromatic heterocycles. The molecule has 72 valence electrons. The molecule has 5 heteroatoms. The normalized spacial score (nSPS) is 12.8. The van der Waals surface area contributed by atoms with Crippen molar-refractivity contribution in [3.63, 3.8) is 0 Å². The Labute approximate surface area is 76.7 Å². The van der Waals surface area contributed by atoms with Gasteiger partial charge in [-0.15, -0.1) is 0 Å². The third kappa shape index (κ3) is 2.06. The maximum Gasteiger partial charge on any atom is 0.219 e. The molecule has 1 rings (SSSR count). The summed E-state index contributed by atoms with van der Waals surface area (Å²) in [7, 11) is 1.86. The van der Waals surface area contributed by atoms with Gasteiger partial charge < -0.3 is 16.0 Å². The van der Waals surface area contributed by atoms with Gasteiger partial charge in [0.05, 0.1) is 6.04 Å². The third-order valence-corrected chi connectivity index (χ3v) is 2.01. The summed E-state index contributed by atoms with van der Waals surface area (Å²) in [4.78, 5) is 14.7. The van der Waals surface area contributed by atoms with Crippen molar-refractivity contribution in [1.29, 1.82) is 0 Å². The van der Waals surface area contributed by atoms with Crippen molar-refractivity contribution in [3.8, 4) is 0 Å². The predicted octanol–water partition coefficient (Wildman–Crippen LogP) is -0.396. The van der Waals surface area contributed by atoms with Gasteiger partial charge in [-0.05, 0) is 6.92 Å². The van der Waals surface area contributed by atoms with E-state index in [-0.39, 0.29) is 6.42 Å². The molecule has 0 fully saturated rings. The van der Waals surface area contributed by atoms with Gasteiger partial charge in [0.2, 0.25) is 5.91 Å². The number of aryl methyl sites for hydroxylation is 1. The molecule has 0 spiro atoms. The van der Waals surface area contributed by atoms with E-state index in [1.165, 1.54) is 0 Å². The van der Waals surface area contributed by atoms with E-state index in [4.69, 9.17) is 11.5 Å². The highest BCUT2D eigenvalue weighted by Crippen LogP contribution is 2.12. The minimum Gasteiger partial charge on any atom is -0.370 e. The topological polar surface area (TPSA) is 86.9 Å². The van der Waals surface area contributed by atoms with Crippen LogP contribution in [0.15, 0.2) is 6.20 Å². The van der Waals surface area contributed by atoms with Crippen molar-refractivity contribution in [3.05, 3.63) is 17.7 Å². The number of amides is 1. The van der Waals surface area contributed by atoms with Crippen LogP contribution in [0.3, 0.4) is 0 Å². The van der Waals surface area contributed by atoms with E-state index in [1.807, 2.05) is 18.5 Å². The molecule has 0 unspecified atom stereocenters. The summed E-state index contributed by atoms with van der Waals surface area (Å²) in [5.41, 5.74) is 11.8. The van der Waals surface area contributed by atoms with E-state index in [9.17, 15) is 4.79 Å². The van der Waals surface area contributed by atoms with Crippen LogP contribution in [0.1, 0.15) is 24.0 Å². The Kier molecular flexibility index (Phi) is 2.67. The molecule has 13 heavy (non-hydrogen) atoms. The molecule has 1 aromatic rings. The van der Waals surface area contributed by atoms with Crippen molar-refractivity contribution in [2.24, 2.45) is 18.5 Å². The monoisotopic (exact) mass is 182 g/mol. The van der Waals surface area contributed by atoms with Crippen molar-refractivity contribution in [2.75, 3.05) is 0 Å². The van der Waals surface area contributed by atoms with Gasteiger partial charge in [0.1, 0.15) is 5.82 Å². The summed E-state index contributed by atoms with van der Waals surface area (Å²) in [5, 5.41) is 0. The highest BCUT2D eigenvalue weighted by atomic mass is 16.1. The fourth-order valence-corrected chi connectivity index (χ4v) is 1.17. The van der Waals surface area contributed by atoms with E-state index < -0.39 is 11.9 Å². The average molecular weight is 182 g/mol. The first-order valence-electron chi connectivity index (χ1n) is 4.04. The zero-order valence-corrected chi connectivity index (χ0v) is 7.82. The zero-order valence-electron chi connectivity index (χ0n) is 7.82. The van der Waals surface area contributed by atoms with Crippen LogP contribution in [-0.2, 0) is 11.8 Å². The number of hydrogen-bond acceptors (Lipinski definition) is 3. The largest absolute Gasteiger partial charge is 0.370 e. The number of nitrogens with two attached hydrogens (primary N) is 2. The standard InChI is InChI=1S/C8H14N4O/c1-5-4-11-8(12(5)2)6(9)3-7(10)13/h4,6H,3,9H2,1-2H3,(H2,10,13)/t6-/m1/s1. The second-order valence-corrected chi connectivity index (χ2v) is 3.09. The van der Waals surface area contributed by atoms with Crippen LogP contribution in [-0.4, -0.2) is 15.5 Å². The van der Waals surface area contributed by atoms with Gasteiger partial charge in [-0.1, -0.05) is 0 Å². The predicted molar refractivity (Wildman–Crippen MR) is 48.7 cm³/mol. The first-order valence-corrected chi connectivity index (χ1v) is 4.04. The molecule has 0 saturated carbocycles. The molecule has 0 bridgehead atoms. The number of hydrogen-bond donors (Lipinski definition) is 2. The molecule has 0 saturated heterocycles. The van der Waals surface area contributed by atoms with Crippen molar-refractivity contribution < 1.29 is 4.79 Å². The van der Waals surface area contributed by atoms with Crippen LogP contribution < -0.4 is 11.5 Å². The maximum atomic E-state index is 10.6. The summed E-state index contributed by atoms with van der Waals surface area (Å²) >= 11 is 0. The molecular formula is C8H14N4O. The second-order valence-electron chi connectivity index (χ2n) is 3.09. The highest BCUT2D eigenvalue weighted by molar-refractivity contribution is 5.74. The number of aromatic nitrogens is 2. The molecule has 5 nitrogen and oxygen atoms in total. The minimum atomic E-state index is -0.409. The Morgan fingerprint density at radius 1 is 1.77 bits per heavy atom. The Morgan fingerprint density at radius 3 is 2.77 bits per heavy atom. The van der Waals surface area contributed by atoms with E-state index in [2.05, 4.69) is 4.98 Å². The van der Waals surface area contributed by atoms with Gasteiger partial charge in [0.25, 0.3) is 0 Å². The molecule has 1 atom stereocenters. The zero-order chi connectivity index (χ0) is 10.0. The number of carbonyl (C=O) groups is 1. The summed E-state index contributed by atoms with van der Waals surface area (Å²) in [6.45, 7) is 1.92. The summed E-state index contributed by atoms with van der Waals surface area (Å²) in [5.74, 6) is 0.282. The van der Waals surface area contributed by atoms with Crippen LogP contribution in [0.5, 0.6) is 0 Å². The van der Waals surface area contributed by atoms with Crippen LogP contribution >= 0.6 is 0 Å². The van der Waals surface area contributed by atoms with Crippen molar-refractivity contribution >= 4 is 5.91 Å². The molecule has 0 aliphatic rings. The Balaban J connectivity index is 2.82. The lowest BCUT2D eigenvalue weighted by atomic mass is 10.2. The smallest absolute Gasteiger partial charge is 0.219 e. The molecule has 1 amide bonds. The van der Waals surface area contributed by atoms with Gasteiger partial charge in [-0.3, -0.25) is 4.79 Å². The van der Waals surface area contributed by atoms with Crippen molar-refractivity contribution in [2.45, 2.75) is 19.4 Å². The lowest BCUT2D eigenvalue weighted by molar-refractivity contribution is -0.118.